The van der Waals surface area contributed by atoms with Crippen molar-refractivity contribution in [2.45, 2.75) is 49.7 Å². The number of rotatable bonds is 3. The summed E-state index contributed by atoms with van der Waals surface area (Å²) in [7, 11) is 1.75. The monoisotopic (exact) mass is 329 g/mol. The molecule has 2 aliphatic carbocycles. The molecular formula is C20H27NO3. The molecule has 3 fully saturated rings. The van der Waals surface area contributed by atoms with Crippen molar-refractivity contribution in [1.82, 2.24) is 4.90 Å². The third-order valence-corrected chi connectivity index (χ3v) is 6.90. The fourth-order valence-corrected chi connectivity index (χ4v) is 5.37. The Morgan fingerprint density at radius 1 is 1.33 bits per heavy atom. The van der Waals surface area contributed by atoms with Crippen molar-refractivity contribution < 1.29 is 14.2 Å². The van der Waals surface area contributed by atoms with E-state index in [1.54, 1.807) is 7.11 Å². The van der Waals surface area contributed by atoms with Gasteiger partial charge in [0.2, 0.25) is 0 Å². The summed E-state index contributed by atoms with van der Waals surface area (Å²) in [6, 6.07) is 7.11. The van der Waals surface area contributed by atoms with Crippen LogP contribution >= 0.6 is 0 Å². The maximum absolute atomic E-state index is 6.23. The van der Waals surface area contributed by atoms with Gasteiger partial charge in [-0.15, -0.1) is 0 Å². The molecule has 4 heteroatoms. The number of ether oxygens (including phenoxy) is 3. The number of nitrogens with zero attached hydrogens (tertiary/aromatic N) is 1. The van der Waals surface area contributed by atoms with Gasteiger partial charge in [-0.05, 0) is 61.4 Å². The third-order valence-electron chi connectivity index (χ3n) is 6.90. The van der Waals surface area contributed by atoms with Gasteiger partial charge < -0.3 is 14.2 Å². The van der Waals surface area contributed by atoms with Gasteiger partial charge in [-0.3, -0.25) is 4.90 Å². The van der Waals surface area contributed by atoms with Gasteiger partial charge in [-0.1, -0.05) is 12.5 Å². The van der Waals surface area contributed by atoms with Crippen LogP contribution in [0, 0.1) is 5.92 Å². The Balaban J connectivity index is 1.53. The molecule has 1 saturated carbocycles. The number of hydrogen-bond donors (Lipinski definition) is 0. The molecule has 0 aromatic heterocycles. The number of fused-ring (bicyclic) bond motifs is 1. The van der Waals surface area contributed by atoms with E-state index in [4.69, 9.17) is 14.2 Å². The van der Waals surface area contributed by atoms with Gasteiger partial charge in [-0.2, -0.15) is 0 Å². The highest BCUT2D eigenvalue weighted by Crippen LogP contribution is 2.49. The molecule has 3 atom stereocenters. The fourth-order valence-electron chi connectivity index (χ4n) is 5.37. The lowest BCUT2D eigenvalue weighted by Crippen LogP contribution is -2.67. The van der Waals surface area contributed by atoms with Crippen LogP contribution in [-0.2, 0) is 21.3 Å². The van der Waals surface area contributed by atoms with Gasteiger partial charge in [0.25, 0.3) is 0 Å². The van der Waals surface area contributed by atoms with Crippen molar-refractivity contribution >= 4 is 0 Å². The van der Waals surface area contributed by atoms with Gasteiger partial charge >= 0.3 is 0 Å². The molecule has 0 amide bonds. The number of piperidine rings is 1. The molecule has 0 unspecified atom stereocenters. The molecule has 0 radical (unpaired) electrons. The largest absolute Gasteiger partial charge is 0.497 e. The molecule has 2 bridgehead atoms. The minimum atomic E-state index is 0.0150. The van der Waals surface area contributed by atoms with Crippen LogP contribution in [0.5, 0.6) is 5.75 Å². The zero-order chi connectivity index (χ0) is 16.1. The van der Waals surface area contributed by atoms with E-state index in [-0.39, 0.29) is 11.5 Å². The van der Waals surface area contributed by atoms with Crippen LogP contribution in [0.15, 0.2) is 18.2 Å². The van der Waals surface area contributed by atoms with Gasteiger partial charge in [0.05, 0.1) is 19.8 Å². The molecule has 24 heavy (non-hydrogen) atoms. The Hall–Kier alpha value is -1.10. The number of hydrogen-bond acceptors (Lipinski definition) is 4. The van der Waals surface area contributed by atoms with Gasteiger partial charge in [0, 0.05) is 18.0 Å². The third kappa shape index (κ3) is 2.16. The smallest absolute Gasteiger partial charge is 0.147 e. The quantitative estimate of drug-likeness (QED) is 0.853. The first-order valence-electron chi connectivity index (χ1n) is 9.41. The molecule has 2 heterocycles. The second-order valence-corrected chi connectivity index (χ2v) is 8.05. The van der Waals surface area contributed by atoms with Crippen LogP contribution in [-0.4, -0.2) is 50.6 Å². The van der Waals surface area contributed by atoms with E-state index in [1.165, 1.54) is 43.5 Å². The van der Waals surface area contributed by atoms with Crippen molar-refractivity contribution in [1.29, 1.82) is 0 Å². The summed E-state index contributed by atoms with van der Waals surface area (Å²) in [5.41, 5.74) is 2.89. The van der Waals surface area contributed by atoms with Crippen LogP contribution in [0.4, 0.5) is 0 Å². The van der Waals surface area contributed by atoms with E-state index < -0.39 is 0 Å². The zero-order valence-corrected chi connectivity index (χ0v) is 14.5. The Labute approximate surface area is 144 Å². The molecule has 2 aliphatic heterocycles. The summed E-state index contributed by atoms with van der Waals surface area (Å²) in [5.74, 6) is 1.86. The maximum atomic E-state index is 6.23. The maximum Gasteiger partial charge on any atom is 0.147 e. The minimum absolute atomic E-state index is 0.0150. The Morgan fingerprint density at radius 2 is 2.25 bits per heavy atom. The summed E-state index contributed by atoms with van der Waals surface area (Å²) >= 11 is 0. The van der Waals surface area contributed by atoms with Crippen molar-refractivity contribution in [2.24, 2.45) is 5.92 Å². The van der Waals surface area contributed by atoms with Crippen LogP contribution in [0.25, 0.3) is 0 Å². The first-order valence-corrected chi connectivity index (χ1v) is 9.41. The Kier molecular flexibility index (Phi) is 3.62. The molecule has 130 valence electrons. The lowest BCUT2D eigenvalue weighted by Gasteiger charge is -2.58. The van der Waals surface area contributed by atoms with E-state index >= 15 is 0 Å². The predicted octanol–water partition coefficient (Wildman–Crippen LogP) is 2.74. The topological polar surface area (TPSA) is 30.9 Å². The summed E-state index contributed by atoms with van der Waals surface area (Å²) in [6.07, 6.45) is 6.73. The molecule has 4 aliphatic rings. The lowest BCUT2D eigenvalue weighted by molar-refractivity contribution is -0.223. The van der Waals surface area contributed by atoms with Crippen molar-refractivity contribution in [3.05, 3.63) is 29.3 Å². The van der Waals surface area contributed by atoms with E-state index in [9.17, 15) is 0 Å². The molecule has 0 N–H and O–H groups in total. The highest BCUT2D eigenvalue weighted by atomic mass is 16.7. The Bertz CT molecular complexity index is 629. The van der Waals surface area contributed by atoms with Gasteiger partial charge in [0.1, 0.15) is 12.5 Å². The molecule has 5 rings (SSSR count). The predicted molar refractivity (Wildman–Crippen MR) is 91.4 cm³/mol. The molecule has 1 aromatic rings. The fraction of sp³-hybridized carbons (Fsp3) is 0.700. The summed E-state index contributed by atoms with van der Waals surface area (Å²) < 4.78 is 17.5. The highest BCUT2D eigenvalue weighted by Gasteiger charge is 2.56. The second-order valence-electron chi connectivity index (χ2n) is 8.05. The van der Waals surface area contributed by atoms with Crippen molar-refractivity contribution in [2.75, 3.05) is 33.6 Å². The van der Waals surface area contributed by atoms with Crippen molar-refractivity contribution in [3.63, 3.8) is 0 Å². The standard InChI is InChI=1S/C20H27NO3/c1-22-16-6-5-15-9-18-19-20(17(15)10-16,12-23-13-24-19)7-8-21(18)11-14-3-2-4-14/h5-6,10,14,18-19H,2-4,7-9,11-13H2,1H3/t18-,19+,20-/m1/s1. The minimum Gasteiger partial charge on any atom is -0.497 e. The van der Waals surface area contributed by atoms with Crippen LogP contribution in [0.2, 0.25) is 0 Å². The summed E-state index contributed by atoms with van der Waals surface area (Å²) in [5, 5.41) is 0. The molecule has 4 nitrogen and oxygen atoms in total. The van der Waals surface area contributed by atoms with Gasteiger partial charge in [-0.25, -0.2) is 0 Å². The number of likely N-dealkylation sites (tertiary alicyclic amines) is 1. The highest BCUT2D eigenvalue weighted by molar-refractivity contribution is 5.46. The average molecular weight is 329 g/mol. The van der Waals surface area contributed by atoms with Crippen LogP contribution in [0.3, 0.4) is 0 Å². The first kappa shape index (κ1) is 15.2. The van der Waals surface area contributed by atoms with E-state index in [2.05, 4.69) is 23.1 Å². The molecule has 0 spiro atoms. The van der Waals surface area contributed by atoms with Crippen LogP contribution < -0.4 is 4.74 Å². The molecule has 1 aromatic carbocycles. The van der Waals surface area contributed by atoms with E-state index in [0.29, 0.717) is 12.8 Å². The zero-order valence-electron chi connectivity index (χ0n) is 14.5. The lowest BCUT2D eigenvalue weighted by atomic mass is 9.61. The summed E-state index contributed by atoms with van der Waals surface area (Å²) in [6.45, 7) is 3.65. The molecular weight excluding hydrogens is 302 g/mol. The average Bonchev–Trinajstić information content (AvgIpc) is 2.59. The Morgan fingerprint density at radius 3 is 3.04 bits per heavy atom. The number of methoxy groups -OCH3 is 1. The molecule has 2 saturated heterocycles. The second kappa shape index (κ2) is 5.72. The SMILES string of the molecule is COc1ccc2c(c1)[C@]13CCN(CC4CCC4)[C@H](C2)[C@@H]1OCOC3. The number of benzene rings is 1. The van der Waals surface area contributed by atoms with E-state index in [1.807, 2.05) is 0 Å². The van der Waals surface area contributed by atoms with Gasteiger partial charge in [0.15, 0.2) is 0 Å². The first-order chi connectivity index (χ1) is 11.8. The van der Waals surface area contributed by atoms with Crippen LogP contribution in [0.1, 0.15) is 36.8 Å². The normalized spacial score (nSPS) is 35.7. The van der Waals surface area contributed by atoms with E-state index in [0.717, 1.165) is 31.1 Å². The summed E-state index contributed by atoms with van der Waals surface area (Å²) in [4.78, 5) is 2.73. The van der Waals surface area contributed by atoms with Crippen molar-refractivity contribution in [3.8, 4) is 5.75 Å².